The molecule has 1 saturated heterocycles. The molecule has 0 amide bonds. The lowest BCUT2D eigenvalue weighted by Crippen LogP contribution is -2.28. The first kappa shape index (κ1) is 27.4. The van der Waals surface area contributed by atoms with Crippen LogP contribution in [0.25, 0.3) is 22.3 Å². The van der Waals surface area contributed by atoms with Crippen LogP contribution >= 0.6 is 20.8 Å². The lowest BCUT2D eigenvalue weighted by atomic mass is 10.1. The number of aryl methyl sites for hydroxylation is 1. The average Bonchev–Trinajstić information content (AvgIpc) is 3.28. The molecule has 0 saturated carbocycles. The lowest BCUT2D eigenvalue weighted by molar-refractivity contribution is -0.0563. The number of fused-ring (bicyclic) bond motifs is 1. The van der Waals surface area contributed by atoms with Crippen LogP contribution in [0, 0.1) is 0 Å². The molecule has 2 aromatic heterocycles. The number of halogens is 1. The highest BCUT2D eigenvalue weighted by Gasteiger charge is 2.20. The summed E-state index contributed by atoms with van der Waals surface area (Å²) in [6.45, 7) is 1.93. The largest absolute Gasteiger partial charge is 0.478 e. The number of carboxylic acids is 1. The minimum atomic E-state index is -0.943. The van der Waals surface area contributed by atoms with Gasteiger partial charge in [0.15, 0.2) is 0 Å². The van der Waals surface area contributed by atoms with Crippen molar-refractivity contribution in [3.8, 4) is 17.1 Å². The third-order valence-electron chi connectivity index (χ3n) is 7.36. The molecule has 1 aliphatic heterocycles. The topological polar surface area (TPSA) is 86.5 Å². The lowest BCUT2D eigenvalue weighted by Gasteiger charge is -2.26. The van der Waals surface area contributed by atoms with E-state index in [1.807, 2.05) is 36.4 Å². The van der Waals surface area contributed by atoms with Crippen LogP contribution in [-0.2, 0) is 24.3 Å². The van der Waals surface area contributed by atoms with E-state index in [0.717, 1.165) is 70.5 Å². The second-order valence-electron chi connectivity index (χ2n) is 10.1. The summed E-state index contributed by atoms with van der Waals surface area (Å²) in [5.74, 6) is 0.510. The molecule has 0 radical (unpaired) electrons. The second-order valence-corrected chi connectivity index (χ2v) is 11.2. The van der Waals surface area contributed by atoms with Crippen LogP contribution in [0.1, 0.15) is 40.2 Å². The van der Waals surface area contributed by atoms with Crippen LogP contribution < -0.4 is 10.0 Å². The molecule has 41 heavy (non-hydrogen) atoms. The van der Waals surface area contributed by atoms with E-state index < -0.39 is 5.97 Å². The number of carbonyl (C=O) groups is 1. The molecular formula is C32H29ClN3O4P. The van der Waals surface area contributed by atoms with Gasteiger partial charge in [-0.05, 0) is 65.7 Å². The summed E-state index contributed by atoms with van der Waals surface area (Å²) >= 11 is 6.06. The Morgan fingerprint density at radius 1 is 1.07 bits per heavy atom. The fraction of sp³-hybridized carbons (Fsp3) is 0.219. The van der Waals surface area contributed by atoms with E-state index in [1.165, 1.54) is 0 Å². The van der Waals surface area contributed by atoms with E-state index in [-0.39, 0.29) is 11.7 Å². The average molecular weight is 586 g/mol. The van der Waals surface area contributed by atoms with Crippen LogP contribution in [-0.4, -0.2) is 38.3 Å². The van der Waals surface area contributed by atoms with Gasteiger partial charge in [0, 0.05) is 36.2 Å². The van der Waals surface area contributed by atoms with Crippen molar-refractivity contribution >= 4 is 43.1 Å². The molecule has 6 rings (SSSR count). The highest BCUT2D eigenvalue weighted by atomic mass is 35.5. The van der Waals surface area contributed by atoms with Gasteiger partial charge < -0.3 is 19.1 Å². The van der Waals surface area contributed by atoms with E-state index in [0.29, 0.717) is 23.9 Å². The molecule has 208 valence electrons. The summed E-state index contributed by atoms with van der Waals surface area (Å²) in [6.07, 6.45) is 2.81. The molecule has 1 aliphatic rings. The molecule has 0 bridgehead atoms. The molecule has 7 nitrogen and oxygen atoms in total. The van der Waals surface area contributed by atoms with Crippen LogP contribution in [0.15, 0.2) is 78.9 Å². The zero-order valence-corrected chi connectivity index (χ0v) is 24.2. The molecule has 5 aromatic rings. The Hall–Kier alpha value is -3.77. The predicted molar refractivity (Wildman–Crippen MR) is 163 cm³/mol. The van der Waals surface area contributed by atoms with E-state index in [4.69, 9.17) is 31.0 Å². The Balaban J connectivity index is 1.19. The molecule has 1 fully saturated rings. The molecule has 3 aromatic carbocycles. The molecule has 3 heterocycles. The number of benzene rings is 3. The van der Waals surface area contributed by atoms with Crippen LogP contribution in [0.4, 0.5) is 0 Å². The van der Waals surface area contributed by atoms with Gasteiger partial charge in [-0.3, -0.25) is 0 Å². The first-order chi connectivity index (χ1) is 19.9. The predicted octanol–water partition coefficient (Wildman–Crippen LogP) is 6.30. The monoisotopic (exact) mass is 585 g/mol. The molecule has 2 atom stereocenters. The van der Waals surface area contributed by atoms with Crippen LogP contribution in [0.2, 0.25) is 5.02 Å². The Morgan fingerprint density at radius 2 is 1.90 bits per heavy atom. The van der Waals surface area contributed by atoms with E-state index in [2.05, 4.69) is 38.1 Å². The second kappa shape index (κ2) is 12.0. The number of imidazole rings is 1. The Bertz CT molecular complexity index is 1720. The van der Waals surface area contributed by atoms with E-state index in [9.17, 15) is 9.90 Å². The van der Waals surface area contributed by atoms with Crippen LogP contribution in [0.3, 0.4) is 0 Å². The highest BCUT2D eigenvalue weighted by Crippen LogP contribution is 2.25. The molecule has 0 spiro atoms. The zero-order chi connectivity index (χ0) is 28.3. The molecular weight excluding hydrogens is 557 g/mol. The maximum absolute atomic E-state index is 11.6. The van der Waals surface area contributed by atoms with Crippen molar-refractivity contribution in [3.63, 3.8) is 0 Å². The number of aromatic carboxylic acids is 1. The van der Waals surface area contributed by atoms with Gasteiger partial charge in [-0.1, -0.05) is 48.0 Å². The fourth-order valence-electron chi connectivity index (χ4n) is 4.96. The smallest absolute Gasteiger partial charge is 0.335 e. The minimum Gasteiger partial charge on any atom is -0.478 e. The summed E-state index contributed by atoms with van der Waals surface area (Å²) in [5.41, 5.74) is 5.83. The van der Waals surface area contributed by atoms with Crippen molar-refractivity contribution in [3.05, 3.63) is 106 Å². The quantitative estimate of drug-likeness (QED) is 0.194. The SMILES string of the molecule is O=C(O)c1ccc2nc(Cc3ccc(-c4cccc(OCc5ccc(Cl)cc5P)n4)cc3)n(CC[C@@H]3CCO3)c2c1. The Morgan fingerprint density at radius 3 is 2.63 bits per heavy atom. The minimum absolute atomic E-state index is 0.253. The van der Waals surface area contributed by atoms with Gasteiger partial charge in [0.1, 0.15) is 12.4 Å². The Labute approximate surface area is 245 Å². The number of rotatable bonds is 10. The maximum atomic E-state index is 11.6. The first-order valence-corrected chi connectivity index (χ1v) is 14.5. The van der Waals surface area contributed by atoms with Crippen molar-refractivity contribution in [2.24, 2.45) is 0 Å². The fourth-order valence-corrected chi connectivity index (χ4v) is 5.60. The van der Waals surface area contributed by atoms with Crippen molar-refractivity contribution < 1.29 is 19.4 Å². The summed E-state index contributed by atoms with van der Waals surface area (Å²) < 4.78 is 13.7. The number of carboxylic acid groups (broad SMARTS) is 1. The number of pyridine rings is 1. The van der Waals surface area contributed by atoms with Gasteiger partial charge in [-0.15, -0.1) is 9.24 Å². The van der Waals surface area contributed by atoms with Gasteiger partial charge in [-0.25, -0.2) is 14.8 Å². The molecule has 0 aliphatic carbocycles. The van der Waals surface area contributed by atoms with E-state index >= 15 is 0 Å². The van der Waals surface area contributed by atoms with Gasteiger partial charge in [0.2, 0.25) is 5.88 Å². The summed E-state index contributed by atoms with van der Waals surface area (Å²) in [5, 5.41) is 11.2. The van der Waals surface area contributed by atoms with Gasteiger partial charge >= 0.3 is 5.97 Å². The number of hydrogen-bond donors (Lipinski definition) is 1. The third kappa shape index (κ3) is 6.28. The summed E-state index contributed by atoms with van der Waals surface area (Å²) in [7, 11) is 2.69. The Kier molecular flexibility index (Phi) is 8.02. The van der Waals surface area contributed by atoms with Crippen LogP contribution in [0.5, 0.6) is 5.88 Å². The zero-order valence-electron chi connectivity index (χ0n) is 22.3. The van der Waals surface area contributed by atoms with Gasteiger partial charge in [0.05, 0.1) is 28.4 Å². The summed E-state index contributed by atoms with van der Waals surface area (Å²) in [4.78, 5) is 21.2. The third-order valence-corrected chi connectivity index (χ3v) is 8.13. The number of aromatic nitrogens is 3. The maximum Gasteiger partial charge on any atom is 0.335 e. The normalized spacial score (nSPS) is 14.6. The van der Waals surface area contributed by atoms with E-state index in [1.54, 1.807) is 18.2 Å². The standard InChI is InChI=1S/C32H29ClN3O4P/c33-24-10-8-23(29(41)18-24)19-40-31-3-1-2-26(35-31)21-6-4-20(5-7-21)16-30-34-27-11-9-22(32(37)38)17-28(27)36(30)14-12-25-13-15-39-25/h1-11,17-18,25H,12-16,19,41H2,(H,37,38)/t25-/m1/s1. The molecule has 9 heteroatoms. The highest BCUT2D eigenvalue weighted by molar-refractivity contribution is 7.27. The van der Waals surface area contributed by atoms with Gasteiger partial charge in [-0.2, -0.15) is 0 Å². The van der Waals surface area contributed by atoms with Crippen molar-refractivity contribution in [1.82, 2.24) is 14.5 Å². The van der Waals surface area contributed by atoms with Crippen molar-refractivity contribution in [1.29, 1.82) is 0 Å². The first-order valence-electron chi connectivity index (χ1n) is 13.5. The number of ether oxygens (including phenoxy) is 2. The summed E-state index contributed by atoms with van der Waals surface area (Å²) in [6, 6.07) is 24.8. The number of hydrogen-bond acceptors (Lipinski definition) is 5. The van der Waals surface area contributed by atoms with Crippen molar-refractivity contribution in [2.45, 2.75) is 38.5 Å². The van der Waals surface area contributed by atoms with Crippen molar-refractivity contribution in [2.75, 3.05) is 6.61 Å². The number of nitrogens with zero attached hydrogens (tertiary/aromatic N) is 3. The van der Waals surface area contributed by atoms with Gasteiger partial charge in [0.25, 0.3) is 0 Å². The molecule has 1 N–H and O–H groups in total. The molecule has 1 unspecified atom stereocenters.